The Bertz CT molecular complexity index is 937. The van der Waals surface area contributed by atoms with Crippen molar-refractivity contribution < 1.29 is 33.9 Å². The lowest BCUT2D eigenvalue weighted by Gasteiger charge is -2.19. The molecule has 6 N–H and O–H groups in total. The van der Waals surface area contributed by atoms with Crippen LogP contribution in [0, 0.1) is 5.92 Å². The Morgan fingerprint density at radius 1 is 0.811 bits per heavy atom. The zero-order chi connectivity index (χ0) is 27.8. The van der Waals surface area contributed by atoms with Gasteiger partial charge in [0.15, 0.2) is 5.78 Å². The van der Waals surface area contributed by atoms with E-state index in [4.69, 9.17) is 5.11 Å². The number of hydrogen-bond donors (Lipinski definition) is 6. The standard InChI is InChI=1S/C25H37N5O7/c1-4-26-18(10-11-23(34)35)24(36)29-14-21(32)27-15-22(33)30-19(12-17-8-6-5-7-9-17)25(37)28-13-20(31)16(2)3/h5-9,16,18-19,26H,4,10-15H2,1-3H3,(H,27,32)(H,28,37)(H,29,36)(H,30,33)(H,34,35). The lowest BCUT2D eigenvalue weighted by Crippen LogP contribution is -2.52. The van der Waals surface area contributed by atoms with Crippen LogP contribution in [0.5, 0.6) is 0 Å². The average molecular weight is 520 g/mol. The van der Waals surface area contributed by atoms with Gasteiger partial charge in [-0.05, 0) is 18.5 Å². The Kier molecular flexibility index (Phi) is 14.2. The minimum absolute atomic E-state index is 0.0622. The molecule has 0 radical (unpaired) electrons. The van der Waals surface area contributed by atoms with Gasteiger partial charge in [-0.2, -0.15) is 0 Å². The van der Waals surface area contributed by atoms with Crippen LogP contribution >= 0.6 is 0 Å². The molecule has 0 spiro atoms. The van der Waals surface area contributed by atoms with E-state index in [2.05, 4.69) is 26.6 Å². The second-order valence-corrected chi connectivity index (χ2v) is 8.69. The van der Waals surface area contributed by atoms with E-state index >= 15 is 0 Å². The third kappa shape index (κ3) is 13.2. The van der Waals surface area contributed by atoms with Crippen molar-refractivity contribution in [1.82, 2.24) is 26.6 Å². The summed E-state index contributed by atoms with van der Waals surface area (Å²) in [5, 5.41) is 21.6. The second-order valence-electron chi connectivity index (χ2n) is 8.69. The van der Waals surface area contributed by atoms with Gasteiger partial charge in [-0.15, -0.1) is 0 Å². The first-order chi connectivity index (χ1) is 17.5. The van der Waals surface area contributed by atoms with Crippen molar-refractivity contribution in [2.75, 3.05) is 26.2 Å². The van der Waals surface area contributed by atoms with Gasteiger partial charge in [0.25, 0.3) is 0 Å². The molecule has 1 aromatic rings. The van der Waals surface area contributed by atoms with E-state index in [-0.39, 0.29) is 37.5 Å². The van der Waals surface area contributed by atoms with Gasteiger partial charge >= 0.3 is 5.97 Å². The zero-order valence-electron chi connectivity index (χ0n) is 21.5. The van der Waals surface area contributed by atoms with Gasteiger partial charge in [0.1, 0.15) is 6.04 Å². The summed E-state index contributed by atoms with van der Waals surface area (Å²) >= 11 is 0. The van der Waals surface area contributed by atoms with Crippen molar-refractivity contribution in [2.45, 2.75) is 52.1 Å². The van der Waals surface area contributed by atoms with Gasteiger partial charge in [-0.25, -0.2) is 0 Å². The van der Waals surface area contributed by atoms with Gasteiger partial charge in [0.05, 0.1) is 25.7 Å². The van der Waals surface area contributed by atoms with Gasteiger partial charge in [0.2, 0.25) is 23.6 Å². The maximum Gasteiger partial charge on any atom is 0.303 e. The van der Waals surface area contributed by atoms with Crippen LogP contribution in [0.2, 0.25) is 0 Å². The number of nitrogens with one attached hydrogen (secondary N) is 5. The summed E-state index contributed by atoms with van der Waals surface area (Å²) in [6, 6.07) is 7.27. The molecule has 0 aromatic heterocycles. The maximum atomic E-state index is 12.7. The Morgan fingerprint density at radius 3 is 2.00 bits per heavy atom. The molecule has 204 valence electrons. The van der Waals surface area contributed by atoms with E-state index in [0.717, 1.165) is 5.56 Å². The third-order valence-electron chi connectivity index (χ3n) is 5.30. The van der Waals surface area contributed by atoms with Crippen molar-refractivity contribution in [2.24, 2.45) is 5.92 Å². The first-order valence-corrected chi connectivity index (χ1v) is 12.2. The summed E-state index contributed by atoms with van der Waals surface area (Å²) in [7, 11) is 0. The molecule has 12 nitrogen and oxygen atoms in total. The third-order valence-corrected chi connectivity index (χ3v) is 5.30. The van der Waals surface area contributed by atoms with Gasteiger partial charge < -0.3 is 31.7 Å². The van der Waals surface area contributed by atoms with Crippen LogP contribution in [0.15, 0.2) is 30.3 Å². The number of amides is 4. The largest absolute Gasteiger partial charge is 0.481 e. The number of benzene rings is 1. The molecular weight excluding hydrogens is 482 g/mol. The van der Waals surface area contributed by atoms with Gasteiger partial charge in [-0.3, -0.25) is 28.8 Å². The summed E-state index contributed by atoms with van der Waals surface area (Å²) in [4.78, 5) is 72.1. The molecule has 1 aromatic carbocycles. The molecule has 1 rings (SSSR count). The lowest BCUT2D eigenvalue weighted by atomic mass is 10.0. The highest BCUT2D eigenvalue weighted by atomic mass is 16.4. The zero-order valence-corrected chi connectivity index (χ0v) is 21.5. The predicted molar refractivity (Wildman–Crippen MR) is 135 cm³/mol. The first-order valence-electron chi connectivity index (χ1n) is 12.2. The van der Waals surface area contributed by atoms with Crippen LogP contribution in [0.3, 0.4) is 0 Å². The number of carboxylic acids is 1. The number of likely N-dealkylation sites (N-methyl/N-ethyl adjacent to an activating group) is 1. The smallest absolute Gasteiger partial charge is 0.303 e. The highest BCUT2D eigenvalue weighted by Gasteiger charge is 2.23. The second kappa shape index (κ2) is 16.8. The van der Waals surface area contributed by atoms with E-state index in [1.165, 1.54) is 0 Å². The predicted octanol–water partition coefficient (Wildman–Crippen LogP) is -0.869. The van der Waals surface area contributed by atoms with Crippen molar-refractivity contribution in [1.29, 1.82) is 0 Å². The quantitative estimate of drug-likeness (QED) is 0.153. The highest BCUT2D eigenvalue weighted by Crippen LogP contribution is 2.04. The summed E-state index contributed by atoms with van der Waals surface area (Å²) in [5.41, 5.74) is 0.794. The lowest BCUT2D eigenvalue weighted by molar-refractivity contribution is -0.137. The molecule has 0 aliphatic carbocycles. The fraction of sp³-hybridized carbons (Fsp3) is 0.520. The molecule has 0 aliphatic rings. The highest BCUT2D eigenvalue weighted by molar-refractivity contribution is 5.93. The summed E-state index contributed by atoms with van der Waals surface area (Å²) in [5.74, 6) is -3.75. The number of carbonyl (C=O) groups is 6. The minimum Gasteiger partial charge on any atom is -0.481 e. The Hall–Kier alpha value is -3.80. The normalized spacial score (nSPS) is 12.2. The Balaban J connectivity index is 2.61. The molecule has 0 fully saturated rings. The Labute approximate surface area is 216 Å². The number of aliphatic carboxylic acids is 1. The van der Waals surface area contributed by atoms with Crippen LogP contribution < -0.4 is 26.6 Å². The molecule has 4 amide bonds. The molecule has 0 bridgehead atoms. The van der Waals surface area contributed by atoms with E-state index in [1.54, 1.807) is 45.0 Å². The van der Waals surface area contributed by atoms with E-state index < -0.39 is 54.8 Å². The van der Waals surface area contributed by atoms with Crippen molar-refractivity contribution in [3.63, 3.8) is 0 Å². The van der Waals surface area contributed by atoms with Crippen LogP contribution in [0.4, 0.5) is 0 Å². The molecule has 0 aliphatic heterocycles. The number of rotatable bonds is 17. The summed E-state index contributed by atoms with van der Waals surface area (Å²) in [6.45, 7) is 4.64. The summed E-state index contributed by atoms with van der Waals surface area (Å²) < 4.78 is 0. The van der Waals surface area contributed by atoms with Gasteiger partial charge in [-0.1, -0.05) is 51.1 Å². The minimum atomic E-state index is -1.04. The molecule has 0 saturated heterocycles. The number of Topliss-reactive ketones (excluding diaryl/α,β-unsaturated/α-hetero) is 1. The van der Waals surface area contributed by atoms with Crippen LogP contribution in [-0.4, -0.2) is 78.8 Å². The van der Waals surface area contributed by atoms with E-state index in [1.807, 2.05) is 6.07 Å². The van der Waals surface area contributed by atoms with Gasteiger partial charge in [0, 0.05) is 18.8 Å². The van der Waals surface area contributed by atoms with Crippen molar-refractivity contribution in [3.05, 3.63) is 35.9 Å². The number of carboxylic acid groups (broad SMARTS) is 1. The number of ketones is 1. The molecule has 37 heavy (non-hydrogen) atoms. The molecular formula is C25H37N5O7. The molecule has 2 atom stereocenters. The Morgan fingerprint density at radius 2 is 1.41 bits per heavy atom. The monoisotopic (exact) mass is 519 g/mol. The fourth-order valence-electron chi connectivity index (χ4n) is 3.18. The number of carbonyl (C=O) groups excluding carboxylic acids is 5. The van der Waals surface area contributed by atoms with Crippen LogP contribution in [0.1, 0.15) is 39.2 Å². The fourth-order valence-corrected chi connectivity index (χ4v) is 3.18. The molecule has 2 unspecified atom stereocenters. The van der Waals surface area contributed by atoms with Crippen LogP contribution in [0.25, 0.3) is 0 Å². The number of hydrogen-bond acceptors (Lipinski definition) is 7. The van der Waals surface area contributed by atoms with Crippen LogP contribution in [-0.2, 0) is 35.2 Å². The van der Waals surface area contributed by atoms with E-state index in [0.29, 0.717) is 6.54 Å². The average Bonchev–Trinajstić information content (AvgIpc) is 2.86. The topological polar surface area (TPSA) is 183 Å². The van der Waals surface area contributed by atoms with Crippen molar-refractivity contribution >= 4 is 35.4 Å². The van der Waals surface area contributed by atoms with Crippen molar-refractivity contribution in [3.8, 4) is 0 Å². The molecule has 0 heterocycles. The maximum absolute atomic E-state index is 12.7. The van der Waals surface area contributed by atoms with E-state index in [9.17, 15) is 28.8 Å². The molecule has 12 heteroatoms. The molecule has 0 saturated carbocycles. The summed E-state index contributed by atoms with van der Waals surface area (Å²) in [6.07, 6.45) is 0.0356. The first kappa shape index (κ1) is 31.2. The SMILES string of the molecule is CCNC(CCC(=O)O)C(=O)NCC(=O)NCC(=O)NC(Cc1ccccc1)C(=O)NCC(=O)C(C)C.